The van der Waals surface area contributed by atoms with Crippen molar-refractivity contribution in [3.05, 3.63) is 0 Å². The van der Waals surface area contributed by atoms with E-state index in [-0.39, 0.29) is 17.8 Å². The molecule has 0 saturated carbocycles. The number of carbonyl (C=O) groups excluding carboxylic acids is 2. The van der Waals surface area contributed by atoms with Crippen molar-refractivity contribution in [2.24, 2.45) is 0 Å². The molecule has 2 fully saturated rings. The van der Waals surface area contributed by atoms with Crippen LogP contribution in [0.5, 0.6) is 0 Å². The molecule has 2 aliphatic rings. The van der Waals surface area contributed by atoms with Gasteiger partial charge in [-0.05, 0) is 43.6 Å². The number of hydrogen-bond donors (Lipinski definition) is 1. The van der Waals surface area contributed by atoms with Crippen LogP contribution in [0.4, 0.5) is 0 Å². The second-order valence-electron chi connectivity index (χ2n) is 5.47. The average molecular weight is 285 g/mol. The van der Waals surface area contributed by atoms with E-state index in [2.05, 4.69) is 5.32 Å². The minimum absolute atomic E-state index is 0.0997. The third-order valence-electron chi connectivity index (χ3n) is 4.01. The van der Waals surface area contributed by atoms with E-state index in [9.17, 15) is 9.59 Å². The number of nitrogens with one attached hydrogen (secondary N) is 1. The van der Waals surface area contributed by atoms with Gasteiger partial charge in [-0.3, -0.25) is 9.59 Å². The van der Waals surface area contributed by atoms with Crippen LogP contribution in [0.25, 0.3) is 0 Å². The Morgan fingerprint density at radius 1 is 1.37 bits per heavy atom. The fourth-order valence-electron chi connectivity index (χ4n) is 2.93. The summed E-state index contributed by atoms with van der Waals surface area (Å²) in [5, 5.41) is 2.93. The summed E-state index contributed by atoms with van der Waals surface area (Å²) in [6.07, 6.45) is 5.27. The van der Waals surface area contributed by atoms with Crippen LogP contribution in [0.2, 0.25) is 0 Å². The van der Waals surface area contributed by atoms with Crippen molar-refractivity contribution in [3.63, 3.8) is 0 Å². The maximum absolute atomic E-state index is 12.5. The van der Waals surface area contributed by atoms with Gasteiger partial charge >= 0.3 is 0 Å². The molecular weight excluding hydrogens is 262 g/mol. The maximum Gasteiger partial charge on any atom is 0.217 e. The van der Waals surface area contributed by atoms with E-state index in [0.29, 0.717) is 6.42 Å². The number of ether oxygens (including phenoxy) is 1. The van der Waals surface area contributed by atoms with Crippen LogP contribution < -0.4 is 5.32 Å². The smallest absolute Gasteiger partial charge is 0.217 e. The summed E-state index contributed by atoms with van der Waals surface area (Å²) in [6, 6.07) is 0. The van der Waals surface area contributed by atoms with Gasteiger partial charge in [0.25, 0.3) is 0 Å². The summed E-state index contributed by atoms with van der Waals surface area (Å²) >= 11 is 1.86. The van der Waals surface area contributed by atoms with Gasteiger partial charge < -0.3 is 10.1 Å². The van der Waals surface area contributed by atoms with Gasteiger partial charge in [0.1, 0.15) is 0 Å². The first-order valence-corrected chi connectivity index (χ1v) is 8.29. The lowest BCUT2D eigenvalue weighted by molar-refractivity contribution is -0.132. The minimum atomic E-state index is -0.602. The van der Waals surface area contributed by atoms with Crippen molar-refractivity contribution < 1.29 is 14.3 Å². The molecular formula is C14H23NO3S. The quantitative estimate of drug-likeness (QED) is 0.838. The maximum atomic E-state index is 12.5. The highest BCUT2D eigenvalue weighted by atomic mass is 32.2. The van der Waals surface area contributed by atoms with Crippen molar-refractivity contribution >= 4 is 23.5 Å². The van der Waals surface area contributed by atoms with Crippen LogP contribution in [0.1, 0.15) is 45.4 Å². The van der Waals surface area contributed by atoms with E-state index in [0.717, 1.165) is 50.2 Å². The van der Waals surface area contributed by atoms with Crippen molar-refractivity contribution in [2.45, 2.75) is 57.1 Å². The van der Waals surface area contributed by atoms with Crippen molar-refractivity contribution in [3.8, 4) is 0 Å². The molecule has 0 aromatic carbocycles. The molecule has 0 spiro atoms. The molecule has 0 aromatic heterocycles. The molecule has 4 nitrogen and oxygen atoms in total. The Kier molecular flexibility index (Phi) is 5.28. The number of Topliss-reactive ketones (excluding diaryl/α,β-unsaturated/α-hetero) is 1. The summed E-state index contributed by atoms with van der Waals surface area (Å²) in [7, 11) is 0. The van der Waals surface area contributed by atoms with Gasteiger partial charge in [-0.1, -0.05) is 0 Å². The normalized spacial score (nSPS) is 26.1. The third-order valence-corrected chi connectivity index (χ3v) is 5.00. The Morgan fingerprint density at radius 3 is 2.68 bits per heavy atom. The molecule has 0 aliphatic carbocycles. The van der Waals surface area contributed by atoms with Crippen LogP contribution in [-0.4, -0.2) is 41.4 Å². The number of thioether (sulfide) groups is 1. The Balaban J connectivity index is 1.92. The third kappa shape index (κ3) is 3.96. The highest BCUT2D eigenvalue weighted by Gasteiger charge is 2.39. The molecule has 2 saturated heterocycles. The summed E-state index contributed by atoms with van der Waals surface area (Å²) in [5.41, 5.74) is -0.602. The SMILES string of the molecule is CC(=O)NC1(C(=O)CCC2CCCO2)CCSCC1. The number of ketones is 1. The number of hydrogen-bond acceptors (Lipinski definition) is 4. The van der Waals surface area contributed by atoms with E-state index < -0.39 is 5.54 Å². The predicted molar refractivity (Wildman–Crippen MR) is 76.3 cm³/mol. The summed E-state index contributed by atoms with van der Waals surface area (Å²) in [6.45, 7) is 2.32. The van der Waals surface area contributed by atoms with E-state index in [1.54, 1.807) is 0 Å². The Labute approximate surface area is 119 Å². The molecule has 1 unspecified atom stereocenters. The molecule has 1 N–H and O–H groups in total. The molecule has 0 radical (unpaired) electrons. The first-order chi connectivity index (χ1) is 9.12. The molecule has 108 valence electrons. The molecule has 1 atom stereocenters. The fraction of sp³-hybridized carbons (Fsp3) is 0.857. The van der Waals surface area contributed by atoms with Gasteiger partial charge in [-0.15, -0.1) is 0 Å². The van der Waals surface area contributed by atoms with E-state index in [1.807, 2.05) is 11.8 Å². The topological polar surface area (TPSA) is 55.4 Å². The van der Waals surface area contributed by atoms with E-state index >= 15 is 0 Å². The summed E-state index contributed by atoms with van der Waals surface area (Å²) in [5.74, 6) is 1.99. The lowest BCUT2D eigenvalue weighted by Crippen LogP contribution is -2.56. The van der Waals surface area contributed by atoms with Gasteiger partial charge in [0.15, 0.2) is 5.78 Å². The lowest BCUT2D eigenvalue weighted by atomic mass is 9.84. The van der Waals surface area contributed by atoms with Crippen molar-refractivity contribution in [1.82, 2.24) is 5.32 Å². The fourth-order valence-corrected chi connectivity index (χ4v) is 4.12. The molecule has 0 aromatic rings. The average Bonchev–Trinajstić information content (AvgIpc) is 2.89. The highest BCUT2D eigenvalue weighted by molar-refractivity contribution is 7.99. The van der Waals surface area contributed by atoms with Gasteiger partial charge in [0.05, 0.1) is 11.6 Å². The molecule has 19 heavy (non-hydrogen) atoms. The van der Waals surface area contributed by atoms with Gasteiger partial charge in [-0.2, -0.15) is 11.8 Å². The molecule has 2 heterocycles. The molecule has 0 bridgehead atoms. The number of carbonyl (C=O) groups is 2. The second-order valence-corrected chi connectivity index (χ2v) is 6.70. The summed E-state index contributed by atoms with van der Waals surface area (Å²) < 4.78 is 5.56. The Bertz CT molecular complexity index is 334. The Morgan fingerprint density at radius 2 is 2.11 bits per heavy atom. The standard InChI is InChI=1S/C14H23NO3S/c1-11(16)15-14(6-9-19-10-7-14)13(17)5-4-12-3-2-8-18-12/h12H,2-10H2,1H3,(H,15,16). The molecule has 2 rings (SSSR count). The highest BCUT2D eigenvalue weighted by Crippen LogP contribution is 2.30. The lowest BCUT2D eigenvalue weighted by Gasteiger charge is -2.36. The number of amides is 1. The van der Waals surface area contributed by atoms with Gasteiger partial charge in [-0.25, -0.2) is 0 Å². The van der Waals surface area contributed by atoms with E-state index in [4.69, 9.17) is 4.74 Å². The minimum Gasteiger partial charge on any atom is -0.378 e. The first kappa shape index (κ1) is 14.9. The molecule has 2 aliphatic heterocycles. The zero-order chi connectivity index (χ0) is 13.7. The van der Waals surface area contributed by atoms with Crippen LogP contribution in [0.15, 0.2) is 0 Å². The largest absolute Gasteiger partial charge is 0.378 e. The van der Waals surface area contributed by atoms with Crippen LogP contribution >= 0.6 is 11.8 Å². The van der Waals surface area contributed by atoms with Crippen molar-refractivity contribution in [2.75, 3.05) is 18.1 Å². The molecule has 1 amide bonds. The zero-order valence-corrected chi connectivity index (χ0v) is 12.4. The van der Waals surface area contributed by atoms with Crippen LogP contribution in [-0.2, 0) is 14.3 Å². The van der Waals surface area contributed by atoms with Crippen molar-refractivity contribution in [1.29, 1.82) is 0 Å². The monoisotopic (exact) mass is 285 g/mol. The molecule has 5 heteroatoms. The van der Waals surface area contributed by atoms with E-state index in [1.165, 1.54) is 6.92 Å². The predicted octanol–water partition coefficient (Wildman–Crippen LogP) is 1.92. The van der Waals surface area contributed by atoms with Crippen LogP contribution in [0.3, 0.4) is 0 Å². The Hall–Kier alpha value is -0.550. The first-order valence-electron chi connectivity index (χ1n) is 7.14. The van der Waals surface area contributed by atoms with Crippen LogP contribution in [0, 0.1) is 0 Å². The summed E-state index contributed by atoms with van der Waals surface area (Å²) in [4.78, 5) is 23.9. The number of rotatable bonds is 5. The van der Waals surface area contributed by atoms with Gasteiger partial charge in [0.2, 0.25) is 5.91 Å². The second kappa shape index (κ2) is 6.75. The van der Waals surface area contributed by atoms with Gasteiger partial charge in [0, 0.05) is 20.0 Å². The zero-order valence-electron chi connectivity index (χ0n) is 11.6.